The molecule has 1 aromatic heterocycles. The zero-order valence-electron chi connectivity index (χ0n) is 13.0. The summed E-state index contributed by atoms with van der Waals surface area (Å²) >= 11 is 0. The molecule has 3 N–H and O–H groups in total. The first-order valence-corrected chi connectivity index (χ1v) is 8.07. The smallest absolute Gasteiger partial charge is 0.250 e. The average molecular weight is 314 g/mol. The number of rotatable bonds is 5. The Morgan fingerprint density at radius 2 is 1.83 bits per heavy atom. The summed E-state index contributed by atoms with van der Waals surface area (Å²) in [4.78, 5) is 13.3. The van der Waals surface area contributed by atoms with Gasteiger partial charge in [-0.05, 0) is 49.0 Å². The highest BCUT2D eigenvalue weighted by Crippen LogP contribution is 2.25. The summed E-state index contributed by atoms with van der Waals surface area (Å²) in [5, 5.41) is 13.0. The van der Waals surface area contributed by atoms with Crippen molar-refractivity contribution >= 4 is 0 Å². The number of benzene rings is 1. The van der Waals surface area contributed by atoms with Gasteiger partial charge in [-0.15, -0.1) is 0 Å². The maximum atomic E-state index is 11.0. The third kappa shape index (κ3) is 4.13. The lowest BCUT2D eigenvalue weighted by Gasteiger charge is -2.23. The van der Waals surface area contributed by atoms with Gasteiger partial charge in [-0.25, -0.2) is 0 Å². The minimum absolute atomic E-state index is 0.223. The molecule has 0 bridgehead atoms. The van der Waals surface area contributed by atoms with E-state index in [-0.39, 0.29) is 11.4 Å². The van der Waals surface area contributed by atoms with E-state index in [0.717, 1.165) is 19.5 Å². The van der Waals surface area contributed by atoms with Crippen LogP contribution < -0.4 is 15.6 Å². The quantitative estimate of drug-likeness (QED) is 0.791. The molecule has 23 heavy (non-hydrogen) atoms. The molecule has 0 atom stereocenters. The van der Waals surface area contributed by atoms with Crippen molar-refractivity contribution in [3.05, 3.63) is 57.9 Å². The van der Waals surface area contributed by atoms with E-state index in [4.69, 9.17) is 4.74 Å². The van der Waals surface area contributed by atoms with Crippen LogP contribution in [-0.4, -0.2) is 29.8 Å². The highest BCUT2D eigenvalue weighted by atomic mass is 16.5. The lowest BCUT2D eigenvalue weighted by Crippen LogP contribution is -2.26. The third-order valence-corrected chi connectivity index (χ3v) is 4.30. The number of ether oxygens (including phenoxy) is 1. The topological polar surface area (TPSA) is 74.3 Å². The Bertz CT molecular complexity index is 688. The first-order valence-electron chi connectivity index (χ1n) is 8.07. The van der Waals surface area contributed by atoms with Crippen LogP contribution in [0.15, 0.2) is 41.2 Å². The van der Waals surface area contributed by atoms with Crippen LogP contribution in [0.5, 0.6) is 11.6 Å². The molecule has 3 rings (SSSR count). The summed E-state index contributed by atoms with van der Waals surface area (Å²) in [7, 11) is 0. The van der Waals surface area contributed by atoms with Gasteiger partial charge < -0.3 is 15.2 Å². The second-order valence-electron chi connectivity index (χ2n) is 5.90. The monoisotopic (exact) mass is 314 g/mol. The molecule has 0 amide bonds. The standard InChI is InChI=1S/C18H22N2O3/c21-17-6-5-16(18(22)20-17)23-12-9-13-1-3-14(4-2-13)15-7-10-19-11-8-15/h1-6,15,19H,7-12H2,(H2,20,21,22). The van der Waals surface area contributed by atoms with Gasteiger partial charge in [-0.1, -0.05) is 24.3 Å². The predicted molar refractivity (Wildman–Crippen MR) is 89.2 cm³/mol. The molecular formula is C18H22N2O3. The normalized spacial score (nSPS) is 15.5. The summed E-state index contributed by atoms with van der Waals surface area (Å²) in [6, 6.07) is 11.5. The maximum Gasteiger partial charge on any atom is 0.250 e. The van der Waals surface area contributed by atoms with E-state index in [0.29, 0.717) is 18.3 Å². The second kappa shape index (κ2) is 7.33. The van der Waals surface area contributed by atoms with Crippen molar-refractivity contribution in [1.82, 2.24) is 10.3 Å². The van der Waals surface area contributed by atoms with Gasteiger partial charge in [0.25, 0.3) is 5.56 Å². The fourth-order valence-electron chi connectivity index (χ4n) is 2.96. The molecule has 1 aliphatic heterocycles. The third-order valence-electron chi connectivity index (χ3n) is 4.30. The number of aromatic hydroxyl groups is 1. The number of nitrogens with one attached hydrogen (secondary N) is 2. The Kier molecular flexibility index (Phi) is 4.98. The number of pyridine rings is 1. The highest BCUT2D eigenvalue weighted by molar-refractivity contribution is 5.31. The number of aromatic amines is 1. The molecule has 2 aromatic rings. The molecule has 0 radical (unpaired) electrons. The van der Waals surface area contributed by atoms with Gasteiger partial charge in [-0.3, -0.25) is 9.78 Å². The zero-order chi connectivity index (χ0) is 16.1. The van der Waals surface area contributed by atoms with Crippen LogP contribution >= 0.6 is 0 Å². The van der Waals surface area contributed by atoms with Gasteiger partial charge >= 0.3 is 0 Å². The zero-order valence-corrected chi connectivity index (χ0v) is 13.0. The van der Waals surface area contributed by atoms with E-state index < -0.39 is 0 Å². The molecule has 122 valence electrons. The Hall–Kier alpha value is -2.27. The number of piperidine rings is 1. The van der Waals surface area contributed by atoms with Crippen molar-refractivity contribution < 1.29 is 9.84 Å². The number of H-pyrrole nitrogens is 1. The molecule has 1 fully saturated rings. The van der Waals surface area contributed by atoms with Crippen LogP contribution in [0.2, 0.25) is 0 Å². The minimum Gasteiger partial charge on any atom is -0.492 e. The molecule has 0 saturated carbocycles. The summed E-state index contributed by atoms with van der Waals surface area (Å²) in [6.45, 7) is 2.65. The fraction of sp³-hybridized carbons (Fsp3) is 0.389. The van der Waals surface area contributed by atoms with E-state index in [1.807, 2.05) is 0 Å². The summed E-state index contributed by atoms with van der Waals surface area (Å²) in [5.41, 5.74) is 2.27. The number of hydrogen-bond donors (Lipinski definition) is 3. The number of hydrogen-bond acceptors (Lipinski definition) is 4. The average Bonchev–Trinajstić information content (AvgIpc) is 2.58. The van der Waals surface area contributed by atoms with Crippen LogP contribution in [-0.2, 0) is 6.42 Å². The van der Waals surface area contributed by atoms with Crippen LogP contribution in [0, 0.1) is 0 Å². The van der Waals surface area contributed by atoms with E-state index in [2.05, 4.69) is 34.6 Å². The molecule has 1 saturated heterocycles. The Balaban J connectivity index is 1.53. The highest BCUT2D eigenvalue weighted by Gasteiger charge is 2.14. The molecule has 1 aliphatic rings. The molecule has 5 nitrogen and oxygen atoms in total. The van der Waals surface area contributed by atoms with Crippen molar-refractivity contribution in [2.45, 2.75) is 25.2 Å². The molecule has 0 aliphatic carbocycles. The molecule has 0 spiro atoms. The molecule has 2 heterocycles. The van der Waals surface area contributed by atoms with E-state index in [1.54, 1.807) is 0 Å². The maximum absolute atomic E-state index is 11.0. The van der Waals surface area contributed by atoms with E-state index in [1.165, 1.54) is 36.1 Å². The summed E-state index contributed by atoms with van der Waals surface area (Å²) in [5.74, 6) is 0.745. The van der Waals surface area contributed by atoms with Crippen molar-refractivity contribution in [2.75, 3.05) is 19.7 Å². The van der Waals surface area contributed by atoms with Crippen LogP contribution in [0.25, 0.3) is 0 Å². The van der Waals surface area contributed by atoms with Crippen molar-refractivity contribution in [3.63, 3.8) is 0 Å². The Labute approximate surface area is 135 Å². The minimum atomic E-state index is -0.344. The van der Waals surface area contributed by atoms with Gasteiger partial charge in [0.1, 0.15) is 0 Å². The molecule has 1 aromatic carbocycles. The lowest BCUT2D eigenvalue weighted by molar-refractivity contribution is 0.298. The Morgan fingerprint density at radius 3 is 2.52 bits per heavy atom. The molecule has 0 unspecified atom stereocenters. The number of aromatic nitrogens is 1. The first kappa shape index (κ1) is 15.6. The largest absolute Gasteiger partial charge is 0.492 e. The van der Waals surface area contributed by atoms with Crippen LogP contribution in [0.3, 0.4) is 0 Å². The fourth-order valence-corrected chi connectivity index (χ4v) is 2.96. The SMILES string of the molecule is O=c1ccc(OCCc2ccc(C3CCNCC3)cc2)c(O)[nH]1. The van der Waals surface area contributed by atoms with E-state index in [9.17, 15) is 9.90 Å². The van der Waals surface area contributed by atoms with Crippen molar-refractivity contribution in [2.24, 2.45) is 0 Å². The van der Waals surface area contributed by atoms with Crippen LogP contribution in [0.4, 0.5) is 0 Å². The van der Waals surface area contributed by atoms with Gasteiger partial charge in [0.05, 0.1) is 6.61 Å². The first-order chi connectivity index (χ1) is 11.2. The second-order valence-corrected chi connectivity index (χ2v) is 5.90. The lowest BCUT2D eigenvalue weighted by atomic mass is 9.89. The molecule has 5 heteroatoms. The molecular weight excluding hydrogens is 292 g/mol. The van der Waals surface area contributed by atoms with E-state index >= 15 is 0 Å². The van der Waals surface area contributed by atoms with Crippen LogP contribution in [0.1, 0.15) is 29.9 Å². The van der Waals surface area contributed by atoms with Gasteiger partial charge in [0.15, 0.2) is 5.75 Å². The van der Waals surface area contributed by atoms with Crippen molar-refractivity contribution in [3.8, 4) is 11.6 Å². The Morgan fingerprint density at radius 1 is 1.09 bits per heavy atom. The van der Waals surface area contributed by atoms with Crippen molar-refractivity contribution in [1.29, 1.82) is 0 Å². The summed E-state index contributed by atoms with van der Waals surface area (Å²) < 4.78 is 5.51. The van der Waals surface area contributed by atoms with Gasteiger partial charge in [0.2, 0.25) is 5.88 Å². The predicted octanol–water partition coefficient (Wildman–Crippen LogP) is 2.17. The summed E-state index contributed by atoms with van der Waals surface area (Å²) in [6.07, 6.45) is 3.16. The van der Waals surface area contributed by atoms with Gasteiger partial charge in [-0.2, -0.15) is 0 Å². The van der Waals surface area contributed by atoms with Gasteiger partial charge in [0, 0.05) is 12.5 Å².